The number of phenols is 1. The van der Waals surface area contributed by atoms with Crippen LogP contribution in [0.3, 0.4) is 0 Å². The molecule has 7 heteroatoms. The molecule has 0 radical (unpaired) electrons. The van der Waals surface area contributed by atoms with Crippen LogP contribution in [0.1, 0.15) is 42.1 Å². The second-order valence-electron chi connectivity index (χ2n) is 7.67. The van der Waals surface area contributed by atoms with Gasteiger partial charge in [-0.1, -0.05) is 36.4 Å². The molecule has 4 rings (SSSR count). The third-order valence-corrected chi connectivity index (χ3v) is 5.64. The maximum absolute atomic E-state index is 13.0. The van der Waals surface area contributed by atoms with Gasteiger partial charge in [0.15, 0.2) is 11.5 Å². The van der Waals surface area contributed by atoms with Gasteiger partial charge >= 0.3 is 5.97 Å². The monoisotopic (exact) mass is 450 g/mol. The largest absolute Gasteiger partial charge is 0.507 e. The van der Waals surface area contributed by atoms with E-state index in [4.69, 9.17) is 23.7 Å². The molecule has 33 heavy (non-hydrogen) atoms. The molecule has 0 saturated heterocycles. The van der Waals surface area contributed by atoms with Gasteiger partial charge in [-0.25, -0.2) is 0 Å². The fraction of sp³-hybridized carbons (Fsp3) is 0.269. The zero-order valence-corrected chi connectivity index (χ0v) is 18.7. The van der Waals surface area contributed by atoms with Crippen molar-refractivity contribution in [3.63, 3.8) is 0 Å². The molecule has 0 spiro atoms. The number of hydrogen-bond donors (Lipinski definition) is 1. The average molecular weight is 450 g/mol. The molecule has 0 fully saturated rings. The Bertz CT molecular complexity index is 1130. The number of aromatic hydroxyl groups is 1. The quantitative estimate of drug-likeness (QED) is 0.486. The van der Waals surface area contributed by atoms with Gasteiger partial charge in [0.05, 0.1) is 20.6 Å². The van der Waals surface area contributed by atoms with Crippen LogP contribution in [0.5, 0.6) is 28.7 Å². The first-order valence-corrected chi connectivity index (χ1v) is 10.6. The molecule has 1 heterocycles. The first kappa shape index (κ1) is 22.3. The number of benzene rings is 3. The molecule has 3 aromatic carbocycles. The minimum atomic E-state index is -0.559. The van der Waals surface area contributed by atoms with Gasteiger partial charge in [0.1, 0.15) is 23.4 Å². The fourth-order valence-corrected chi connectivity index (χ4v) is 3.94. The second-order valence-corrected chi connectivity index (χ2v) is 7.67. The molecule has 7 nitrogen and oxygen atoms in total. The van der Waals surface area contributed by atoms with Gasteiger partial charge in [-0.15, -0.1) is 0 Å². The molecule has 172 valence electrons. The summed E-state index contributed by atoms with van der Waals surface area (Å²) in [5.41, 5.74) is 2.11. The molecule has 0 aromatic heterocycles. The van der Waals surface area contributed by atoms with Crippen molar-refractivity contribution in [2.24, 2.45) is 0 Å². The Hall–Kier alpha value is -3.87. The Kier molecular flexibility index (Phi) is 6.58. The topological polar surface area (TPSA) is 83.5 Å². The van der Waals surface area contributed by atoms with E-state index in [2.05, 4.69) is 0 Å². The average Bonchev–Trinajstić information content (AvgIpc) is 3.30. The highest BCUT2D eigenvalue weighted by molar-refractivity contribution is 5.73. The van der Waals surface area contributed by atoms with Crippen LogP contribution in [0, 0.1) is 0 Å². The molecule has 0 saturated carbocycles. The highest BCUT2D eigenvalue weighted by Crippen LogP contribution is 2.45. The van der Waals surface area contributed by atoms with Gasteiger partial charge in [0, 0.05) is 23.6 Å². The molecule has 1 N–H and O–H groups in total. The number of carbonyl (C=O) groups is 1. The summed E-state index contributed by atoms with van der Waals surface area (Å²) in [6.45, 7) is 1.96. The van der Waals surface area contributed by atoms with Gasteiger partial charge in [-0.3, -0.25) is 4.79 Å². The zero-order valence-electron chi connectivity index (χ0n) is 18.7. The van der Waals surface area contributed by atoms with Crippen molar-refractivity contribution in [1.82, 2.24) is 0 Å². The van der Waals surface area contributed by atoms with Crippen LogP contribution in [0.15, 0.2) is 60.7 Å². The van der Waals surface area contributed by atoms with E-state index in [0.29, 0.717) is 28.6 Å². The predicted octanol–water partition coefficient (Wildman–Crippen LogP) is 4.96. The molecule has 2 atom stereocenters. The van der Waals surface area contributed by atoms with Gasteiger partial charge in [0.2, 0.25) is 6.79 Å². The predicted molar refractivity (Wildman–Crippen MR) is 121 cm³/mol. The van der Waals surface area contributed by atoms with Crippen LogP contribution in [0.4, 0.5) is 0 Å². The van der Waals surface area contributed by atoms with Crippen molar-refractivity contribution in [3.05, 3.63) is 77.4 Å². The van der Waals surface area contributed by atoms with E-state index in [1.54, 1.807) is 12.1 Å². The number of hydrogen-bond acceptors (Lipinski definition) is 7. The van der Waals surface area contributed by atoms with E-state index in [1.165, 1.54) is 20.3 Å². The van der Waals surface area contributed by atoms with Gasteiger partial charge < -0.3 is 28.8 Å². The standard InChI is InChI=1S/C26H26O7/c1-16(17-7-5-4-6-8-17)33-25(28)14-20(18-9-10-22-23(11-18)32-15-31-22)26-21(27)12-19(29-2)13-24(26)30-3/h4-13,16,20,27H,14-15H2,1-3H3/t16-,20?/m1/s1. The number of ether oxygens (including phenoxy) is 5. The summed E-state index contributed by atoms with van der Waals surface area (Å²) in [7, 11) is 3.01. The minimum absolute atomic E-state index is 0.0208. The lowest BCUT2D eigenvalue weighted by atomic mass is 9.86. The summed E-state index contributed by atoms with van der Waals surface area (Å²) in [4.78, 5) is 13.0. The fourth-order valence-electron chi connectivity index (χ4n) is 3.94. The van der Waals surface area contributed by atoms with Crippen LogP contribution in [-0.2, 0) is 9.53 Å². The Morgan fingerprint density at radius 3 is 2.45 bits per heavy atom. The number of fused-ring (bicyclic) bond motifs is 1. The molecule has 1 aliphatic heterocycles. The molecule has 1 aliphatic rings. The zero-order chi connectivity index (χ0) is 23.4. The van der Waals surface area contributed by atoms with Crippen LogP contribution in [0.2, 0.25) is 0 Å². The van der Waals surface area contributed by atoms with Crippen LogP contribution in [-0.4, -0.2) is 32.1 Å². The van der Waals surface area contributed by atoms with Crippen molar-refractivity contribution in [3.8, 4) is 28.7 Å². The molecular formula is C26H26O7. The van der Waals surface area contributed by atoms with E-state index in [-0.39, 0.29) is 19.0 Å². The Morgan fingerprint density at radius 1 is 0.970 bits per heavy atom. The summed E-state index contributed by atoms with van der Waals surface area (Å²) in [6, 6.07) is 18.1. The highest BCUT2D eigenvalue weighted by atomic mass is 16.7. The van der Waals surface area contributed by atoms with E-state index < -0.39 is 18.0 Å². The number of carbonyl (C=O) groups excluding carboxylic acids is 1. The minimum Gasteiger partial charge on any atom is -0.507 e. The lowest BCUT2D eigenvalue weighted by molar-refractivity contribution is -0.148. The van der Waals surface area contributed by atoms with Crippen molar-refractivity contribution in [2.45, 2.75) is 25.4 Å². The molecular weight excluding hydrogens is 424 g/mol. The summed E-state index contributed by atoms with van der Waals surface area (Å²) in [5, 5.41) is 10.9. The maximum Gasteiger partial charge on any atom is 0.307 e. The summed E-state index contributed by atoms with van der Waals surface area (Å²) < 4.78 is 27.5. The molecule has 1 unspecified atom stereocenters. The van der Waals surface area contributed by atoms with E-state index in [9.17, 15) is 9.90 Å². The van der Waals surface area contributed by atoms with Gasteiger partial charge in [-0.05, 0) is 30.2 Å². The van der Waals surface area contributed by atoms with E-state index in [0.717, 1.165) is 11.1 Å². The van der Waals surface area contributed by atoms with Crippen molar-refractivity contribution < 1.29 is 33.6 Å². The normalized spacial score (nSPS) is 13.8. The van der Waals surface area contributed by atoms with Crippen LogP contribution >= 0.6 is 0 Å². The SMILES string of the molecule is COc1cc(O)c(C(CC(=O)O[C@H](C)c2ccccc2)c2ccc3c(c2)OCO3)c(OC)c1. The second kappa shape index (κ2) is 9.73. The first-order chi connectivity index (χ1) is 16.0. The molecule has 0 bridgehead atoms. The number of rotatable bonds is 8. The summed E-state index contributed by atoms with van der Waals surface area (Å²) in [6.07, 6.45) is -0.435. The Balaban J connectivity index is 1.69. The van der Waals surface area contributed by atoms with Crippen LogP contribution in [0.25, 0.3) is 0 Å². The molecule has 3 aromatic rings. The number of methoxy groups -OCH3 is 2. The summed E-state index contributed by atoms with van der Waals surface area (Å²) in [5.74, 6) is 1.04. The van der Waals surface area contributed by atoms with Crippen molar-refractivity contribution in [2.75, 3.05) is 21.0 Å². The van der Waals surface area contributed by atoms with Gasteiger partial charge in [0.25, 0.3) is 0 Å². The van der Waals surface area contributed by atoms with E-state index >= 15 is 0 Å². The van der Waals surface area contributed by atoms with E-state index in [1.807, 2.05) is 49.4 Å². The Morgan fingerprint density at radius 2 is 1.73 bits per heavy atom. The number of phenolic OH excluding ortho intramolecular Hbond substituents is 1. The molecule has 0 aliphatic carbocycles. The smallest absolute Gasteiger partial charge is 0.307 e. The lowest BCUT2D eigenvalue weighted by Crippen LogP contribution is -2.15. The first-order valence-electron chi connectivity index (χ1n) is 10.6. The van der Waals surface area contributed by atoms with Crippen LogP contribution < -0.4 is 18.9 Å². The lowest BCUT2D eigenvalue weighted by Gasteiger charge is -2.23. The Labute approximate surface area is 192 Å². The third kappa shape index (κ3) is 4.82. The maximum atomic E-state index is 13.0. The van der Waals surface area contributed by atoms with Gasteiger partial charge in [-0.2, -0.15) is 0 Å². The van der Waals surface area contributed by atoms with Crippen molar-refractivity contribution in [1.29, 1.82) is 0 Å². The third-order valence-electron chi connectivity index (χ3n) is 5.64. The number of esters is 1. The highest BCUT2D eigenvalue weighted by Gasteiger charge is 2.29. The molecule has 0 amide bonds. The summed E-state index contributed by atoms with van der Waals surface area (Å²) >= 11 is 0. The van der Waals surface area contributed by atoms with Crippen molar-refractivity contribution >= 4 is 5.97 Å².